The van der Waals surface area contributed by atoms with Crippen molar-refractivity contribution < 1.29 is 14.3 Å². The summed E-state index contributed by atoms with van der Waals surface area (Å²) >= 11 is 13.7. The second-order valence-electron chi connectivity index (χ2n) is 11.3. The third-order valence-electron chi connectivity index (χ3n) is 8.07. The number of allylic oxidation sites excluding steroid dienone is 4. The van der Waals surface area contributed by atoms with E-state index >= 15 is 0 Å². The number of H-pyrrole nitrogens is 1. The normalized spacial score (nSPS) is 18.1. The molecule has 0 bridgehead atoms. The van der Waals surface area contributed by atoms with Gasteiger partial charge in [0.05, 0.1) is 22.9 Å². The van der Waals surface area contributed by atoms with Crippen molar-refractivity contribution >= 4 is 63.5 Å². The Morgan fingerprint density at radius 1 is 1.22 bits per heavy atom. The van der Waals surface area contributed by atoms with Gasteiger partial charge < -0.3 is 24.8 Å². The van der Waals surface area contributed by atoms with E-state index in [2.05, 4.69) is 60.8 Å². The monoisotopic (exact) mass is 676 g/mol. The molecule has 2 atom stereocenters. The zero-order valence-corrected chi connectivity index (χ0v) is 29.9. The van der Waals surface area contributed by atoms with E-state index in [4.69, 9.17) is 37.9 Å². The van der Waals surface area contributed by atoms with Gasteiger partial charge in [0.25, 0.3) is 5.91 Å². The summed E-state index contributed by atoms with van der Waals surface area (Å²) in [6.07, 6.45) is 10.6. The van der Waals surface area contributed by atoms with Gasteiger partial charge >= 0.3 is 5.97 Å². The van der Waals surface area contributed by atoms with Crippen molar-refractivity contribution in [2.45, 2.75) is 73.8 Å². The summed E-state index contributed by atoms with van der Waals surface area (Å²) in [7, 11) is 1.37. The van der Waals surface area contributed by atoms with Crippen LogP contribution in [0.15, 0.2) is 34.5 Å². The number of aryl methyl sites for hydroxylation is 1. The number of carbonyl (C=O) groups excluding carboxylic acids is 2. The maximum Gasteiger partial charge on any atom is 0.350 e. The largest absolute Gasteiger partial charge is 0.465 e. The topological polar surface area (TPSA) is 103 Å². The number of piperidine rings is 1. The van der Waals surface area contributed by atoms with Crippen LogP contribution in [0.2, 0.25) is 10.0 Å². The molecule has 0 spiro atoms. The molecule has 9 nitrogen and oxygen atoms in total. The molecule has 0 aliphatic carbocycles. The van der Waals surface area contributed by atoms with Crippen LogP contribution in [0.3, 0.4) is 0 Å². The number of aromatic nitrogens is 2. The van der Waals surface area contributed by atoms with Gasteiger partial charge in [-0.15, -0.1) is 0 Å². The maximum absolute atomic E-state index is 12.9. The lowest BCUT2D eigenvalue weighted by Crippen LogP contribution is -2.50. The molecule has 2 N–H and O–H groups in total. The van der Waals surface area contributed by atoms with Gasteiger partial charge in [-0.3, -0.25) is 9.79 Å². The first-order chi connectivity index (χ1) is 21.4. The highest BCUT2D eigenvalue weighted by Gasteiger charge is 2.32. The minimum Gasteiger partial charge on any atom is -0.465 e. The molecule has 1 aliphatic heterocycles. The fourth-order valence-corrected chi connectivity index (χ4v) is 6.59. The summed E-state index contributed by atoms with van der Waals surface area (Å²) in [5.41, 5.74) is 4.52. The van der Waals surface area contributed by atoms with Crippen LogP contribution in [0.25, 0.3) is 5.70 Å². The first-order valence-electron chi connectivity index (χ1n) is 15.4. The minimum absolute atomic E-state index is 0.0633. The molecule has 1 aliphatic rings. The van der Waals surface area contributed by atoms with Crippen molar-refractivity contribution in [3.05, 3.63) is 61.5 Å². The number of nitrogens with zero attached hydrogens (tertiary/aromatic N) is 4. The highest BCUT2D eigenvalue weighted by atomic mass is 35.5. The molecular weight excluding hydrogens is 631 g/mol. The van der Waals surface area contributed by atoms with E-state index in [1.807, 2.05) is 19.1 Å². The van der Waals surface area contributed by atoms with Crippen LogP contribution in [-0.4, -0.2) is 72.3 Å². The Bertz CT molecular complexity index is 1470. The van der Waals surface area contributed by atoms with Crippen LogP contribution in [0.1, 0.15) is 92.4 Å². The molecule has 0 aromatic carbocycles. The average Bonchev–Trinajstić information content (AvgIpc) is 3.58. The Hall–Kier alpha value is -3.08. The van der Waals surface area contributed by atoms with Crippen molar-refractivity contribution in [1.29, 1.82) is 0 Å². The second kappa shape index (κ2) is 17.0. The van der Waals surface area contributed by atoms with E-state index in [1.165, 1.54) is 24.0 Å². The number of aliphatic imine (C=N–C) groups is 1. The van der Waals surface area contributed by atoms with Crippen LogP contribution >= 0.6 is 34.5 Å². The summed E-state index contributed by atoms with van der Waals surface area (Å²) in [5, 5.41) is 4.40. The Morgan fingerprint density at radius 2 is 1.96 bits per heavy atom. The van der Waals surface area contributed by atoms with Crippen LogP contribution in [0.4, 0.5) is 5.13 Å². The average molecular weight is 678 g/mol. The summed E-state index contributed by atoms with van der Waals surface area (Å²) in [6, 6.07) is -0.0633. The second-order valence-corrected chi connectivity index (χ2v) is 13.1. The molecule has 1 saturated heterocycles. The first-order valence-corrected chi connectivity index (χ1v) is 17.0. The van der Waals surface area contributed by atoms with Crippen LogP contribution in [0, 0.1) is 12.8 Å². The first kappa shape index (κ1) is 36.4. The maximum atomic E-state index is 12.9. The number of hydrogen-bond acceptors (Lipinski definition) is 8. The SMILES string of the molecule is CC=C(C)CCN(CCC)/C(C)=C/C=N/C(=C\C)c1nc(N2CCC(NC(=O)c3[nH]c(C)c(Cl)c3Cl)C(C)C2)sc1C(=O)OC. The number of aromatic amines is 1. The van der Waals surface area contributed by atoms with Gasteiger partial charge in [-0.2, -0.15) is 0 Å². The van der Waals surface area contributed by atoms with Gasteiger partial charge in [-0.25, -0.2) is 9.78 Å². The number of amides is 1. The lowest BCUT2D eigenvalue weighted by atomic mass is 9.94. The highest BCUT2D eigenvalue weighted by Crippen LogP contribution is 2.34. The molecule has 1 amide bonds. The highest BCUT2D eigenvalue weighted by molar-refractivity contribution is 7.17. The summed E-state index contributed by atoms with van der Waals surface area (Å²) < 4.78 is 5.11. The number of esters is 1. The predicted octanol–water partition coefficient (Wildman–Crippen LogP) is 7.92. The van der Waals surface area contributed by atoms with Crippen LogP contribution in [-0.2, 0) is 4.74 Å². The number of thiazole rings is 1. The molecule has 12 heteroatoms. The van der Waals surface area contributed by atoms with E-state index in [9.17, 15) is 9.59 Å². The van der Waals surface area contributed by atoms with Gasteiger partial charge in [0.2, 0.25) is 0 Å². The van der Waals surface area contributed by atoms with E-state index in [0.29, 0.717) is 51.6 Å². The zero-order chi connectivity index (χ0) is 33.3. The van der Waals surface area contributed by atoms with Crippen molar-refractivity contribution in [3.8, 4) is 0 Å². The van der Waals surface area contributed by atoms with Crippen molar-refractivity contribution in [2.75, 3.05) is 38.2 Å². The zero-order valence-electron chi connectivity index (χ0n) is 27.6. The molecule has 0 saturated carbocycles. The van der Waals surface area contributed by atoms with E-state index in [1.54, 1.807) is 13.1 Å². The van der Waals surface area contributed by atoms with Gasteiger partial charge in [0, 0.05) is 49.8 Å². The number of hydrogen-bond donors (Lipinski definition) is 2. The molecule has 2 aromatic heterocycles. The van der Waals surface area contributed by atoms with Gasteiger partial charge in [-0.1, -0.05) is 66.1 Å². The number of methoxy groups -OCH3 is 1. The number of anilines is 1. The fraction of sp³-hybridized carbons (Fsp3) is 0.515. The van der Waals surface area contributed by atoms with Crippen LogP contribution < -0.4 is 10.2 Å². The molecule has 0 radical (unpaired) electrons. The molecule has 2 unspecified atom stereocenters. The molecule has 45 heavy (non-hydrogen) atoms. The van der Waals surface area contributed by atoms with Crippen molar-refractivity contribution in [1.82, 2.24) is 20.2 Å². The van der Waals surface area contributed by atoms with Crippen molar-refractivity contribution in [2.24, 2.45) is 10.9 Å². The van der Waals surface area contributed by atoms with E-state index in [0.717, 1.165) is 31.6 Å². The number of ether oxygens (including phenoxy) is 1. The number of rotatable bonds is 13. The molecule has 2 aromatic rings. The summed E-state index contributed by atoms with van der Waals surface area (Å²) in [5.74, 6) is -0.622. The van der Waals surface area contributed by atoms with Gasteiger partial charge in [-0.05, 0) is 65.9 Å². The minimum atomic E-state index is -0.449. The number of nitrogens with one attached hydrogen (secondary N) is 2. The van der Waals surface area contributed by atoms with Gasteiger partial charge in [0.15, 0.2) is 5.13 Å². The Morgan fingerprint density at radius 3 is 2.53 bits per heavy atom. The Labute approximate surface area is 281 Å². The van der Waals surface area contributed by atoms with E-state index in [-0.39, 0.29) is 28.6 Å². The summed E-state index contributed by atoms with van der Waals surface area (Å²) in [6.45, 7) is 17.5. The molecule has 246 valence electrons. The quantitative estimate of drug-likeness (QED) is 0.127. The molecule has 1 fully saturated rings. The lowest BCUT2D eigenvalue weighted by Gasteiger charge is -2.37. The Kier molecular flexibility index (Phi) is 13.8. The third-order valence-corrected chi connectivity index (χ3v) is 10.1. The third kappa shape index (κ3) is 9.24. The predicted molar refractivity (Wildman–Crippen MR) is 188 cm³/mol. The summed E-state index contributed by atoms with van der Waals surface area (Å²) in [4.78, 5) is 43.3. The standard InChI is InChI=1S/C33H46Cl2N6O3S/c1-9-16-40(17-13-20(4)10-2)22(6)12-15-36-24(11-3)28-30(32(43)44-8)45-33(39-28)41-18-14-25(21(5)19-41)38-31(42)29-27(35)26(34)23(7)37-29/h10-12,15,21,25,37H,9,13-14,16-19H2,1-8H3,(H,38,42)/b20-10?,22-12+,24-11-,36-15+. The fourth-order valence-electron chi connectivity index (χ4n) is 5.14. The van der Waals surface area contributed by atoms with Crippen molar-refractivity contribution in [3.63, 3.8) is 0 Å². The molecule has 3 heterocycles. The Balaban J connectivity index is 1.76. The molecule has 3 rings (SSSR count). The lowest BCUT2D eigenvalue weighted by molar-refractivity contribution is 0.0605. The molecular formula is C33H46Cl2N6O3S. The smallest absolute Gasteiger partial charge is 0.350 e. The van der Waals surface area contributed by atoms with Gasteiger partial charge in [0.1, 0.15) is 16.3 Å². The van der Waals surface area contributed by atoms with Crippen LogP contribution in [0.5, 0.6) is 0 Å². The number of carbonyl (C=O) groups is 2. The van der Waals surface area contributed by atoms with E-state index < -0.39 is 5.97 Å². The number of halogens is 2.